The lowest BCUT2D eigenvalue weighted by molar-refractivity contribution is -0.123. The maximum Gasteiger partial charge on any atom is 0.293 e. The summed E-state index contributed by atoms with van der Waals surface area (Å²) in [5, 5.41) is 5.26. The number of amides is 4. The first-order valence-corrected chi connectivity index (χ1v) is 11.5. The molecule has 0 radical (unpaired) electrons. The number of hydrogen-bond acceptors (Lipinski definition) is 5. The molecule has 0 aromatic heterocycles. The van der Waals surface area contributed by atoms with E-state index in [0.29, 0.717) is 16.5 Å². The topological polar surface area (TPSA) is 95.6 Å². The van der Waals surface area contributed by atoms with Gasteiger partial charge in [0.1, 0.15) is 0 Å². The van der Waals surface area contributed by atoms with E-state index >= 15 is 0 Å². The van der Waals surface area contributed by atoms with Crippen LogP contribution in [0.3, 0.4) is 0 Å². The van der Waals surface area contributed by atoms with E-state index in [9.17, 15) is 19.2 Å². The normalized spacial score (nSPS) is 17.1. The second kappa shape index (κ2) is 10.3. The summed E-state index contributed by atoms with van der Waals surface area (Å²) in [7, 11) is 0. The second-order valence-electron chi connectivity index (χ2n) is 7.74. The highest BCUT2D eigenvalue weighted by molar-refractivity contribution is 8.18. The smallest absolute Gasteiger partial charge is 0.293 e. The molecule has 2 aromatic rings. The van der Waals surface area contributed by atoms with E-state index in [2.05, 4.69) is 10.6 Å². The minimum Gasteiger partial charge on any atom is -0.351 e. The number of benzene rings is 2. The van der Waals surface area contributed by atoms with E-state index in [0.717, 1.165) is 40.6 Å². The van der Waals surface area contributed by atoms with Crippen molar-refractivity contribution in [3.05, 3.63) is 82.3 Å². The Morgan fingerprint density at radius 2 is 1.73 bits per heavy atom. The average Bonchev–Trinajstić information content (AvgIpc) is 3.60. The predicted octanol–water partition coefficient (Wildman–Crippen LogP) is 3.44. The molecule has 1 aliphatic heterocycles. The summed E-state index contributed by atoms with van der Waals surface area (Å²) in [5.74, 6) is -0.779. The van der Waals surface area contributed by atoms with Crippen molar-refractivity contribution in [3.8, 4) is 0 Å². The Kier molecular flexibility index (Phi) is 7.04. The van der Waals surface area contributed by atoms with Crippen molar-refractivity contribution in [2.24, 2.45) is 0 Å². The average molecular weight is 462 g/mol. The zero-order chi connectivity index (χ0) is 23.2. The van der Waals surface area contributed by atoms with Crippen LogP contribution in [-0.2, 0) is 9.59 Å². The monoisotopic (exact) mass is 461 g/mol. The van der Waals surface area contributed by atoms with Gasteiger partial charge in [-0.2, -0.15) is 0 Å². The highest BCUT2D eigenvalue weighted by Gasteiger charge is 2.34. The van der Waals surface area contributed by atoms with Crippen molar-refractivity contribution in [1.29, 1.82) is 0 Å². The van der Waals surface area contributed by atoms with Gasteiger partial charge in [-0.1, -0.05) is 42.5 Å². The highest BCUT2D eigenvalue weighted by atomic mass is 32.2. The van der Waals surface area contributed by atoms with Crippen molar-refractivity contribution in [2.75, 3.05) is 13.1 Å². The van der Waals surface area contributed by atoms with Crippen molar-refractivity contribution in [1.82, 2.24) is 15.5 Å². The minimum absolute atomic E-state index is 0.0864. The summed E-state index contributed by atoms with van der Waals surface area (Å²) in [6.07, 6.45) is 6.77. The number of thioether (sulfide) groups is 1. The van der Waals surface area contributed by atoms with Crippen LogP contribution < -0.4 is 10.6 Å². The van der Waals surface area contributed by atoms with Gasteiger partial charge in [-0.25, -0.2) is 0 Å². The predicted molar refractivity (Wildman–Crippen MR) is 128 cm³/mol. The molecule has 2 aliphatic rings. The first kappa shape index (κ1) is 22.5. The Morgan fingerprint density at radius 3 is 2.42 bits per heavy atom. The molecule has 33 heavy (non-hydrogen) atoms. The molecular weight excluding hydrogens is 438 g/mol. The fraction of sp³-hybridized carbons (Fsp3) is 0.200. The number of carbonyl (C=O) groups excluding carboxylic acids is 4. The molecule has 0 spiro atoms. The van der Waals surface area contributed by atoms with Crippen LogP contribution in [0.2, 0.25) is 0 Å². The minimum atomic E-state index is -0.357. The van der Waals surface area contributed by atoms with E-state index in [1.807, 2.05) is 30.3 Å². The van der Waals surface area contributed by atoms with E-state index in [4.69, 9.17) is 0 Å². The number of rotatable bonds is 8. The second-order valence-corrected chi connectivity index (χ2v) is 8.73. The van der Waals surface area contributed by atoms with Gasteiger partial charge in [0.2, 0.25) is 5.91 Å². The van der Waals surface area contributed by atoms with Gasteiger partial charge < -0.3 is 10.6 Å². The van der Waals surface area contributed by atoms with Crippen molar-refractivity contribution in [3.63, 3.8) is 0 Å². The lowest BCUT2D eigenvalue weighted by Crippen LogP contribution is -2.36. The maximum absolute atomic E-state index is 12.5. The lowest BCUT2D eigenvalue weighted by atomic mass is 10.1. The SMILES string of the molecule is O=C(/C=C/c1ccc(C(=O)NC2CC2)cc1)NCCN1C(=O)S/C(=C\c2ccccc2)C1=O. The van der Waals surface area contributed by atoms with Crippen molar-refractivity contribution >= 4 is 46.9 Å². The summed E-state index contributed by atoms with van der Waals surface area (Å²) in [6.45, 7) is 0.251. The van der Waals surface area contributed by atoms with E-state index in [-0.39, 0.29) is 36.1 Å². The molecule has 1 saturated carbocycles. The quantitative estimate of drug-likeness (QED) is 0.587. The fourth-order valence-corrected chi connectivity index (χ4v) is 4.02. The number of hydrogen-bond donors (Lipinski definition) is 2. The molecule has 0 bridgehead atoms. The summed E-state index contributed by atoms with van der Waals surface area (Å²) in [5.41, 5.74) is 2.21. The van der Waals surface area contributed by atoms with Crippen molar-refractivity contribution < 1.29 is 19.2 Å². The first-order valence-electron chi connectivity index (χ1n) is 10.7. The molecular formula is C25H23N3O4S. The van der Waals surface area contributed by atoms with Gasteiger partial charge >= 0.3 is 0 Å². The zero-order valence-corrected chi connectivity index (χ0v) is 18.6. The molecule has 1 heterocycles. The molecule has 2 N–H and O–H groups in total. The molecule has 2 aromatic carbocycles. The summed E-state index contributed by atoms with van der Waals surface area (Å²) in [6, 6.07) is 16.6. The van der Waals surface area contributed by atoms with E-state index < -0.39 is 0 Å². The molecule has 8 heteroatoms. The number of carbonyl (C=O) groups is 4. The van der Waals surface area contributed by atoms with Gasteiger partial charge in [-0.15, -0.1) is 0 Å². The third-order valence-corrected chi connectivity index (χ3v) is 6.03. The molecule has 0 unspecified atom stereocenters. The lowest BCUT2D eigenvalue weighted by Gasteiger charge is -2.12. The van der Waals surface area contributed by atoms with Gasteiger partial charge in [0.05, 0.1) is 4.91 Å². The van der Waals surface area contributed by atoms with Gasteiger partial charge in [-0.3, -0.25) is 24.1 Å². The molecule has 7 nitrogen and oxygen atoms in total. The largest absolute Gasteiger partial charge is 0.351 e. The van der Waals surface area contributed by atoms with Gasteiger partial charge in [-0.05, 0) is 60.0 Å². The summed E-state index contributed by atoms with van der Waals surface area (Å²) >= 11 is 0.896. The van der Waals surface area contributed by atoms with E-state index in [1.165, 1.54) is 6.08 Å². The molecule has 4 amide bonds. The third kappa shape index (κ3) is 6.20. The van der Waals surface area contributed by atoms with Gasteiger partial charge in [0, 0.05) is 30.8 Å². The van der Waals surface area contributed by atoms with Crippen LogP contribution in [0.5, 0.6) is 0 Å². The van der Waals surface area contributed by atoms with Crippen LogP contribution in [-0.4, -0.2) is 47.0 Å². The fourth-order valence-electron chi connectivity index (χ4n) is 3.16. The Morgan fingerprint density at radius 1 is 1.00 bits per heavy atom. The van der Waals surface area contributed by atoms with Crippen LogP contribution in [0, 0.1) is 0 Å². The van der Waals surface area contributed by atoms with Gasteiger partial charge in [0.15, 0.2) is 0 Å². The standard InChI is InChI=1S/C25H23N3O4S/c29-22(13-8-17-6-9-19(10-7-17)23(30)27-20-11-12-20)26-14-15-28-24(31)21(33-25(28)32)16-18-4-2-1-3-5-18/h1-10,13,16,20H,11-12,14-15H2,(H,26,29)(H,27,30)/b13-8+,21-16-. The Bertz CT molecular complexity index is 1120. The molecule has 4 rings (SSSR count). The van der Waals surface area contributed by atoms with Crippen LogP contribution in [0.1, 0.15) is 34.3 Å². The molecule has 0 atom stereocenters. The van der Waals surface area contributed by atoms with Crippen LogP contribution in [0.25, 0.3) is 12.2 Å². The summed E-state index contributed by atoms with van der Waals surface area (Å²) < 4.78 is 0. The Balaban J connectivity index is 1.24. The maximum atomic E-state index is 12.5. The third-order valence-electron chi connectivity index (χ3n) is 5.12. The van der Waals surface area contributed by atoms with Crippen LogP contribution in [0.15, 0.2) is 65.6 Å². The van der Waals surface area contributed by atoms with Crippen molar-refractivity contribution in [2.45, 2.75) is 18.9 Å². The first-order chi connectivity index (χ1) is 16.0. The molecule has 2 fully saturated rings. The molecule has 1 aliphatic carbocycles. The number of imide groups is 1. The van der Waals surface area contributed by atoms with Crippen LogP contribution >= 0.6 is 11.8 Å². The Labute approximate surface area is 195 Å². The van der Waals surface area contributed by atoms with Gasteiger partial charge in [0.25, 0.3) is 17.1 Å². The molecule has 168 valence electrons. The zero-order valence-electron chi connectivity index (χ0n) is 17.8. The van der Waals surface area contributed by atoms with Crippen LogP contribution in [0.4, 0.5) is 4.79 Å². The number of nitrogens with one attached hydrogen (secondary N) is 2. The summed E-state index contributed by atoms with van der Waals surface area (Å²) in [4.78, 5) is 50.3. The molecule has 1 saturated heterocycles. The highest BCUT2D eigenvalue weighted by Crippen LogP contribution is 2.31. The van der Waals surface area contributed by atoms with E-state index in [1.54, 1.807) is 36.4 Å². The Hall–Kier alpha value is -3.65. The number of nitrogens with zero attached hydrogens (tertiary/aromatic N) is 1.